The van der Waals surface area contributed by atoms with Crippen LogP contribution in [0.5, 0.6) is 11.5 Å². The molecular formula is C24H18ClNO5. The van der Waals surface area contributed by atoms with Crippen molar-refractivity contribution in [3.8, 4) is 22.8 Å². The zero-order valence-corrected chi connectivity index (χ0v) is 17.3. The summed E-state index contributed by atoms with van der Waals surface area (Å²) in [5.41, 5.74) is 1.13. The Bertz CT molecular complexity index is 1300. The molecule has 1 amide bonds. The average molecular weight is 436 g/mol. The van der Waals surface area contributed by atoms with E-state index in [1.54, 1.807) is 79.9 Å². The van der Waals surface area contributed by atoms with E-state index in [1.807, 2.05) is 0 Å². The van der Waals surface area contributed by atoms with Gasteiger partial charge in [0.1, 0.15) is 11.3 Å². The van der Waals surface area contributed by atoms with Crippen LogP contribution in [0.1, 0.15) is 0 Å². The van der Waals surface area contributed by atoms with Crippen LogP contribution in [0, 0.1) is 0 Å². The number of halogens is 1. The first kappa shape index (κ1) is 20.5. The summed E-state index contributed by atoms with van der Waals surface area (Å²) in [5.74, 6) is 0.393. The highest BCUT2D eigenvalue weighted by atomic mass is 35.5. The number of para-hydroxylation sites is 2. The van der Waals surface area contributed by atoms with Crippen LogP contribution in [0.3, 0.4) is 0 Å². The van der Waals surface area contributed by atoms with Gasteiger partial charge in [-0.05, 0) is 48.5 Å². The van der Waals surface area contributed by atoms with E-state index in [4.69, 9.17) is 25.5 Å². The number of carbonyl (C=O) groups is 1. The number of hydrogen-bond donors (Lipinski definition) is 1. The minimum absolute atomic E-state index is 0.0434. The fraction of sp³-hybridized carbons (Fsp3) is 0.0833. The first-order valence-electron chi connectivity index (χ1n) is 9.44. The molecule has 31 heavy (non-hydrogen) atoms. The van der Waals surface area contributed by atoms with Crippen molar-refractivity contribution in [3.63, 3.8) is 0 Å². The molecule has 0 aliphatic rings. The van der Waals surface area contributed by atoms with Gasteiger partial charge in [-0.3, -0.25) is 9.59 Å². The van der Waals surface area contributed by atoms with Crippen molar-refractivity contribution in [1.29, 1.82) is 0 Å². The van der Waals surface area contributed by atoms with E-state index in [0.29, 0.717) is 33.0 Å². The fourth-order valence-electron chi connectivity index (χ4n) is 3.08. The molecule has 0 radical (unpaired) electrons. The van der Waals surface area contributed by atoms with Gasteiger partial charge in [-0.25, -0.2) is 0 Å². The van der Waals surface area contributed by atoms with E-state index in [0.717, 1.165) is 0 Å². The molecule has 6 nitrogen and oxygen atoms in total. The first-order chi connectivity index (χ1) is 15.1. The Morgan fingerprint density at radius 3 is 2.45 bits per heavy atom. The average Bonchev–Trinajstić information content (AvgIpc) is 2.80. The molecular weight excluding hydrogens is 418 g/mol. The Hall–Kier alpha value is -3.77. The van der Waals surface area contributed by atoms with Crippen molar-refractivity contribution in [2.45, 2.75) is 0 Å². The maximum atomic E-state index is 13.1. The maximum Gasteiger partial charge on any atom is 0.262 e. The topological polar surface area (TPSA) is 77.8 Å². The zero-order valence-electron chi connectivity index (χ0n) is 16.6. The summed E-state index contributed by atoms with van der Waals surface area (Å²) in [6.07, 6.45) is 0. The molecule has 156 valence electrons. The molecule has 0 aliphatic carbocycles. The molecule has 0 spiro atoms. The van der Waals surface area contributed by atoms with Gasteiger partial charge in [0.25, 0.3) is 5.91 Å². The lowest BCUT2D eigenvalue weighted by Crippen LogP contribution is -2.22. The minimum atomic E-state index is -0.457. The maximum absolute atomic E-state index is 13.1. The van der Waals surface area contributed by atoms with Crippen molar-refractivity contribution in [1.82, 2.24) is 0 Å². The minimum Gasteiger partial charge on any atom is -0.497 e. The number of anilines is 1. The molecule has 1 N–H and O–H groups in total. The Balaban J connectivity index is 1.68. The van der Waals surface area contributed by atoms with Crippen LogP contribution in [-0.4, -0.2) is 19.6 Å². The van der Waals surface area contributed by atoms with Crippen LogP contribution >= 0.6 is 11.6 Å². The molecule has 4 rings (SSSR count). The highest BCUT2D eigenvalue weighted by Crippen LogP contribution is 2.32. The second-order valence-electron chi connectivity index (χ2n) is 6.63. The molecule has 0 unspecified atom stereocenters. The van der Waals surface area contributed by atoms with Crippen molar-refractivity contribution in [3.05, 3.63) is 88.0 Å². The SMILES string of the molecule is COc1ccc(-c2oc3ccccc3c(=O)c2OCC(=O)Nc2ccccc2Cl)cc1. The molecule has 0 fully saturated rings. The van der Waals surface area contributed by atoms with E-state index in [1.165, 1.54) is 0 Å². The largest absolute Gasteiger partial charge is 0.497 e. The third-order valence-corrected chi connectivity index (χ3v) is 4.93. The van der Waals surface area contributed by atoms with Gasteiger partial charge in [-0.2, -0.15) is 0 Å². The van der Waals surface area contributed by atoms with Crippen molar-refractivity contribution in [2.24, 2.45) is 0 Å². The van der Waals surface area contributed by atoms with Crippen LogP contribution in [0.25, 0.3) is 22.3 Å². The third-order valence-electron chi connectivity index (χ3n) is 4.60. The van der Waals surface area contributed by atoms with Gasteiger partial charge in [0.2, 0.25) is 11.2 Å². The fourth-order valence-corrected chi connectivity index (χ4v) is 3.26. The number of ether oxygens (including phenoxy) is 2. The summed E-state index contributed by atoms with van der Waals surface area (Å²) in [7, 11) is 1.57. The van der Waals surface area contributed by atoms with Gasteiger partial charge in [-0.1, -0.05) is 35.9 Å². The monoisotopic (exact) mass is 435 g/mol. The van der Waals surface area contributed by atoms with Crippen LogP contribution in [0.2, 0.25) is 5.02 Å². The summed E-state index contributed by atoms with van der Waals surface area (Å²) in [6.45, 7) is -0.391. The lowest BCUT2D eigenvalue weighted by Gasteiger charge is -2.12. The van der Waals surface area contributed by atoms with E-state index in [-0.39, 0.29) is 16.9 Å². The van der Waals surface area contributed by atoms with Crippen molar-refractivity contribution in [2.75, 3.05) is 19.0 Å². The van der Waals surface area contributed by atoms with Gasteiger partial charge < -0.3 is 19.2 Å². The summed E-state index contributed by atoms with van der Waals surface area (Å²) < 4.78 is 16.8. The lowest BCUT2D eigenvalue weighted by atomic mass is 10.1. The number of methoxy groups -OCH3 is 1. The van der Waals surface area contributed by atoms with Gasteiger partial charge in [0, 0.05) is 5.56 Å². The number of amides is 1. The molecule has 1 heterocycles. The molecule has 0 saturated heterocycles. The number of fused-ring (bicyclic) bond motifs is 1. The van der Waals surface area contributed by atoms with Crippen LogP contribution in [-0.2, 0) is 4.79 Å². The molecule has 0 saturated carbocycles. The molecule has 0 bridgehead atoms. The van der Waals surface area contributed by atoms with Gasteiger partial charge >= 0.3 is 0 Å². The van der Waals surface area contributed by atoms with E-state index < -0.39 is 12.5 Å². The molecule has 7 heteroatoms. The second-order valence-corrected chi connectivity index (χ2v) is 7.04. The van der Waals surface area contributed by atoms with Gasteiger partial charge in [-0.15, -0.1) is 0 Å². The smallest absolute Gasteiger partial charge is 0.262 e. The Morgan fingerprint density at radius 2 is 1.71 bits per heavy atom. The van der Waals surface area contributed by atoms with Crippen molar-refractivity contribution < 1.29 is 18.7 Å². The van der Waals surface area contributed by atoms with Gasteiger partial charge in [0.15, 0.2) is 12.4 Å². The van der Waals surface area contributed by atoms with Crippen LogP contribution < -0.4 is 20.2 Å². The molecule has 0 aliphatic heterocycles. The third kappa shape index (κ3) is 4.39. The predicted molar refractivity (Wildman–Crippen MR) is 120 cm³/mol. The molecule has 1 aromatic heterocycles. The molecule has 3 aromatic carbocycles. The van der Waals surface area contributed by atoms with Crippen LogP contribution in [0.4, 0.5) is 5.69 Å². The molecule has 0 atom stereocenters. The number of rotatable bonds is 6. The number of benzene rings is 3. The zero-order chi connectivity index (χ0) is 21.8. The molecule has 4 aromatic rings. The Morgan fingerprint density at radius 1 is 1.00 bits per heavy atom. The lowest BCUT2D eigenvalue weighted by molar-refractivity contribution is -0.118. The van der Waals surface area contributed by atoms with Crippen LogP contribution in [0.15, 0.2) is 82.0 Å². The quantitative estimate of drug-likeness (QED) is 0.453. The second kappa shape index (κ2) is 8.93. The Kier molecular flexibility index (Phi) is 5.91. The van der Waals surface area contributed by atoms with Gasteiger partial charge in [0.05, 0.1) is 23.2 Å². The van der Waals surface area contributed by atoms with E-state index in [2.05, 4.69) is 5.32 Å². The predicted octanol–water partition coefficient (Wildman–Crippen LogP) is 5.14. The first-order valence-corrected chi connectivity index (χ1v) is 9.82. The summed E-state index contributed by atoms with van der Waals surface area (Å²) in [5, 5.41) is 3.43. The normalized spacial score (nSPS) is 10.6. The standard InChI is InChI=1S/C24H18ClNO5/c1-29-16-12-10-15(11-13-16)23-24(22(28)17-6-2-5-9-20(17)31-23)30-14-21(27)26-19-8-4-3-7-18(19)25/h2-13H,14H2,1H3,(H,26,27). The highest BCUT2D eigenvalue weighted by molar-refractivity contribution is 6.33. The Labute approximate surface area is 183 Å². The summed E-state index contributed by atoms with van der Waals surface area (Å²) in [6, 6.07) is 20.7. The summed E-state index contributed by atoms with van der Waals surface area (Å²) >= 11 is 6.08. The van der Waals surface area contributed by atoms with Crippen molar-refractivity contribution >= 4 is 34.2 Å². The summed E-state index contributed by atoms with van der Waals surface area (Å²) in [4.78, 5) is 25.5. The number of nitrogens with one attached hydrogen (secondary N) is 1. The van der Waals surface area contributed by atoms with E-state index >= 15 is 0 Å². The number of carbonyl (C=O) groups excluding carboxylic acids is 1. The van der Waals surface area contributed by atoms with E-state index in [9.17, 15) is 9.59 Å². The highest BCUT2D eigenvalue weighted by Gasteiger charge is 2.19. The number of hydrogen-bond acceptors (Lipinski definition) is 5.